The van der Waals surface area contributed by atoms with Gasteiger partial charge in [0.25, 0.3) is 5.91 Å². The summed E-state index contributed by atoms with van der Waals surface area (Å²) in [4.78, 5) is 26.3. The van der Waals surface area contributed by atoms with E-state index in [9.17, 15) is 9.59 Å². The van der Waals surface area contributed by atoms with Crippen LogP contribution in [0.4, 0.5) is 4.79 Å². The van der Waals surface area contributed by atoms with Gasteiger partial charge in [0.1, 0.15) is 5.69 Å². The molecule has 2 amide bonds. The molecule has 0 aliphatic heterocycles. The van der Waals surface area contributed by atoms with Crippen LogP contribution in [0.1, 0.15) is 23.1 Å². The van der Waals surface area contributed by atoms with Crippen molar-refractivity contribution in [3.8, 4) is 0 Å². The van der Waals surface area contributed by atoms with Crippen LogP contribution in [-0.4, -0.2) is 23.6 Å². The Kier molecular flexibility index (Phi) is 4.26. The van der Waals surface area contributed by atoms with Crippen LogP contribution in [0, 0.1) is 6.92 Å². The quantitative estimate of drug-likeness (QED) is 0.726. The number of rotatable bonds is 2. The molecule has 0 spiro atoms. The number of ether oxygens (including phenoxy) is 1. The van der Waals surface area contributed by atoms with Crippen LogP contribution >= 0.6 is 0 Å². The Labute approximate surface area is 93.0 Å². The van der Waals surface area contributed by atoms with Gasteiger partial charge in [-0.25, -0.2) is 15.2 Å². The van der Waals surface area contributed by atoms with E-state index < -0.39 is 12.0 Å². The van der Waals surface area contributed by atoms with Crippen LogP contribution in [0.25, 0.3) is 0 Å². The monoisotopic (exact) mass is 223 g/mol. The lowest BCUT2D eigenvalue weighted by Gasteiger charge is -2.06. The van der Waals surface area contributed by atoms with E-state index in [4.69, 9.17) is 0 Å². The number of amides is 2. The van der Waals surface area contributed by atoms with Crippen LogP contribution < -0.4 is 10.9 Å². The maximum atomic E-state index is 11.5. The zero-order valence-electron chi connectivity index (χ0n) is 9.11. The minimum absolute atomic E-state index is 0.233. The van der Waals surface area contributed by atoms with E-state index in [2.05, 4.69) is 20.6 Å². The molecule has 16 heavy (non-hydrogen) atoms. The van der Waals surface area contributed by atoms with Crippen molar-refractivity contribution in [1.29, 1.82) is 0 Å². The van der Waals surface area contributed by atoms with Crippen molar-refractivity contribution < 1.29 is 14.3 Å². The highest BCUT2D eigenvalue weighted by Crippen LogP contribution is 1.97. The summed E-state index contributed by atoms with van der Waals surface area (Å²) in [5, 5.41) is 0. The molecule has 0 aliphatic rings. The van der Waals surface area contributed by atoms with E-state index in [1.807, 2.05) is 0 Å². The highest BCUT2D eigenvalue weighted by molar-refractivity contribution is 5.93. The number of hydrogen-bond donors (Lipinski definition) is 2. The molecule has 0 radical (unpaired) electrons. The number of carbonyl (C=O) groups excluding carboxylic acids is 2. The van der Waals surface area contributed by atoms with E-state index in [1.165, 1.54) is 0 Å². The summed E-state index contributed by atoms with van der Waals surface area (Å²) in [7, 11) is 0. The number of hydrazine groups is 1. The molecule has 0 atom stereocenters. The van der Waals surface area contributed by atoms with E-state index in [-0.39, 0.29) is 12.3 Å². The summed E-state index contributed by atoms with van der Waals surface area (Å²) < 4.78 is 4.57. The largest absolute Gasteiger partial charge is 0.449 e. The van der Waals surface area contributed by atoms with Crippen LogP contribution in [0.2, 0.25) is 0 Å². The first-order valence-electron chi connectivity index (χ1n) is 4.80. The number of nitrogens with one attached hydrogen (secondary N) is 2. The van der Waals surface area contributed by atoms with Crippen molar-refractivity contribution in [3.05, 3.63) is 29.6 Å². The second kappa shape index (κ2) is 5.69. The smallest absolute Gasteiger partial charge is 0.426 e. The van der Waals surface area contributed by atoms with Gasteiger partial charge in [0, 0.05) is 5.69 Å². The molecule has 6 heteroatoms. The first-order valence-corrected chi connectivity index (χ1v) is 4.80. The van der Waals surface area contributed by atoms with Gasteiger partial charge in [0.2, 0.25) is 0 Å². The average Bonchev–Trinajstić information content (AvgIpc) is 2.26. The van der Waals surface area contributed by atoms with Gasteiger partial charge in [-0.15, -0.1) is 0 Å². The normalized spacial score (nSPS) is 9.38. The highest BCUT2D eigenvalue weighted by atomic mass is 16.5. The standard InChI is InChI=1S/C10H13N3O3/c1-3-16-10(15)13-12-9(14)8-6-4-5-7(2)11-8/h4-6H,3H2,1-2H3,(H,12,14)(H,13,15). The zero-order valence-corrected chi connectivity index (χ0v) is 9.11. The van der Waals surface area contributed by atoms with Crippen LogP contribution in [-0.2, 0) is 4.74 Å². The Balaban J connectivity index is 2.50. The van der Waals surface area contributed by atoms with Crippen molar-refractivity contribution in [3.63, 3.8) is 0 Å². The third-order valence-electron chi connectivity index (χ3n) is 1.67. The Morgan fingerprint density at radius 1 is 1.38 bits per heavy atom. The van der Waals surface area contributed by atoms with Crippen molar-refractivity contribution in [2.45, 2.75) is 13.8 Å². The van der Waals surface area contributed by atoms with Gasteiger partial charge in [-0.1, -0.05) is 6.07 Å². The summed E-state index contributed by atoms with van der Waals surface area (Å²) in [5.41, 5.74) is 5.24. The Hall–Kier alpha value is -2.11. The van der Waals surface area contributed by atoms with Gasteiger partial charge in [0.05, 0.1) is 6.61 Å². The van der Waals surface area contributed by atoms with Crippen molar-refractivity contribution in [2.24, 2.45) is 0 Å². The molecule has 1 aromatic heterocycles. The minimum Gasteiger partial charge on any atom is -0.449 e. The molecule has 6 nitrogen and oxygen atoms in total. The lowest BCUT2D eigenvalue weighted by molar-refractivity contribution is 0.0907. The fraction of sp³-hybridized carbons (Fsp3) is 0.300. The van der Waals surface area contributed by atoms with Crippen LogP contribution in [0.3, 0.4) is 0 Å². The van der Waals surface area contributed by atoms with E-state index in [0.717, 1.165) is 5.69 Å². The molecule has 0 saturated heterocycles. The molecule has 0 aromatic carbocycles. The van der Waals surface area contributed by atoms with Gasteiger partial charge < -0.3 is 4.74 Å². The van der Waals surface area contributed by atoms with Crippen molar-refractivity contribution in [1.82, 2.24) is 15.8 Å². The Bertz CT molecular complexity index is 393. The molecule has 0 aliphatic carbocycles. The molecular weight excluding hydrogens is 210 g/mol. The molecule has 0 unspecified atom stereocenters. The summed E-state index contributed by atoms with van der Waals surface area (Å²) in [6, 6.07) is 5.03. The maximum Gasteiger partial charge on any atom is 0.426 e. The third kappa shape index (κ3) is 3.56. The predicted molar refractivity (Wildman–Crippen MR) is 56.6 cm³/mol. The summed E-state index contributed by atoms with van der Waals surface area (Å²) in [6.45, 7) is 3.68. The number of nitrogens with zero attached hydrogens (tertiary/aromatic N) is 1. The molecule has 2 N–H and O–H groups in total. The van der Waals surface area contributed by atoms with Gasteiger partial charge in [-0.3, -0.25) is 10.2 Å². The molecule has 1 aromatic rings. The maximum absolute atomic E-state index is 11.5. The zero-order chi connectivity index (χ0) is 12.0. The molecule has 1 heterocycles. The van der Waals surface area contributed by atoms with Gasteiger partial charge >= 0.3 is 6.09 Å². The Morgan fingerprint density at radius 3 is 2.75 bits per heavy atom. The minimum atomic E-state index is -0.705. The number of aromatic nitrogens is 1. The molecule has 0 fully saturated rings. The molecule has 1 rings (SSSR count). The number of carbonyl (C=O) groups is 2. The SMILES string of the molecule is CCOC(=O)NNC(=O)c1cccc(C)n1. The van der Waals surface area contributed by atoms with Gasteiger partial charge in [-0.05, 0) is 26.0 Å². The molecule has 86 valence electrons. The molecule has 0 bridgehead atoms. The second-order valence-electron chi connectivity index (χ2n) is 2.96. The van der Waals surface area contributed by atoms with Gasteiger partial charge in [0.15, 0.2) is 0 Å². The summed E-state index contributed by atoms with van der Waals surface area (Å²) in [5.74, 6) is -0.489. The fourth-order valence-corrected chi connectivity index (χ4v) is 1.01. The fourth-order valence-electron chi connectivity index (χ4n) is 1.01. The summed E-state index contributed by atoms with van der Waals surface area (Å²) in [6.07, 6.45) is -0.705. The predicted octanol–water partition coefficient (Wildman–Crippen LogP) is 0.781. The van der Waals surface area contributed by atoms with E-state index in [1.54, 1.807) is 32.0 Å². The molecular formula is C10H13N3O3. The Morgan fingerprint density at radius 2 is 2.12 bits per heavy atom. The van der Waals surface area contributed by atoms with E-state index in [0.29, 0.717) is 0 Å². The number of aryl methyl sites for hydroxylation is 1. The third-order valence-corrected chi connectivity index (χ3v) is 1.67. The average molecular weight is 223 g/mol. The number of pyridine rings is 1. The van der Waals surface area contributed by atoms with Crippen LogP contribution in [0.15, 0.2) is 18.2 Å². The highest BCUT2D eigenvalue weighted by Gasteiger charge is 2.08. The van der Waals surface area contributed by atoms with Crippen molar-refractivity contribution >= 4 is 12.0 Å². The lowest BCUT2D eigenvalue weighted by atomic mass is 10.3. The van der Waals surface area contributed by atoms with Crippen LogP contribution in [0.5, 0.6) is 0 Å². The first kappa shape index (κ1) is 12.0. The second-order valence-corrected chi connectivity index (χ2v) is 2.96. The lowest BCUT2D eigenvalue weighted by Crippen LogP contribution is -2.42. The van der Waals surface area contributed by atoms with Gasteiger partial charge in [-0.2, -0.15) is 0 Å². The van der Waals surface area contributed by atoms with E-state index >= 15 is 0 Å². The topological polar surface area (TPSA) is 80.3 Å². The molecule has 0 saturated carbocycles. The first-order chi connectivity index (χ1) is 7.63. The van der Waals surface area contributed by atoms with Crippen molar-refractivity contribution in [2.75, 3.05) is 6.61 Å². The summed E-state index contributed by atoms with van der Waals surface area (Å²) >= 11 is 0. The number of hydrogen-bond acceptors (Lipinski definition) is 4.